The summed E-state index contributed by atoms with van der Waals surface area (Å²) in [6, 6.07) is 14.2. The zero-order valence-electron chi connectivity index (χ0n) is 16.1. The van der Waals surface area contributed by atoms with E-state index in [0.29, 0.717) is 24.1 Å². The van der Waals surface area contributed by atoms with Crippen molar-refractivity contribution in [2.24, 2.45) is 5.92 Å². The van der Waals surface area contributed by atoms with Gasteiger partial charge in [0.25, 0.3) is 5.91 Å². The number of hydrogen-bond acceptors (Lipinski definition) is 4. The smallest absolute Gasteiger partial charge is 0.269 e. The molecule has 0 aromatic heterocycles. The number of anilines is 1. The van der Waals surface area contributed by atoms with Crippen LogP contribution >= 0.6 is 11.6 Å². The first-order chi connectivity index (χ1) is 13.9. The number of aliphatic hydroxyl groups is 1. The van der Waals surface area contributed by atoms with Crippen LogP contribution in [0.1, 0.15) is 29.5 Å². The molecule has 1 saturated heterocycles. The highest BCUT2D eigenvalue weighted by atomic mass is 35.5. The predicted molar refractivity (Wildman–Crippen MR) is 113 cm³/mol. The topological polar surface area (TPSA) is 85.2 Å². The summed E-state index contributed by atoms with van der Waals surface area (Å²) in [5.74, 6) is 4.93. The maximum atomic E-state index is 13.1. The van der Waals surface area contributed by atoms with Crippen molar-refractivity contribution in [1.29, 1.82) is 5.26 Å². The summed E-state index contributed by atoms with van der Waals surface area (Å²) >= 11 is 6.06. The molecule has 1 atom stereocenters. The molecule has 2 aromatic rings. The van der Waals surface area contributed by atoms with Crippen molar-refractivity contribution in [2.75, 3.05) is 18.4 Å². The number of rotatable bonds is 3. The van der Waals surface area contributed by atoms with Gasteiger partial charge in [0, 0.05) is 17.2 Å². The lowest BCUT2D eigenvalue weighted by Gasteiger charge is -2.33. The first kappa shape index (κ1) is 20.9. The SMILES string of the molecule is Cc1cccc(C#CC(O)(C(=O)Nc2ccc(C#N)c(Cl)c2)C2CCNCC2)c1. The fourth-order valence-corrected chi connectivity index (χ4v) is 3.61. The van der Waals surface area contributed by atoms with Crippen molar-refractivity contribution in [2.45, 2.75) is 25.4 Å². The Labute approximate surface area is 175 Å². The molecule has 0 spiro atoms. The lowest BCUT2D eigenvalue weighted by Crippen LogP contribution is -2.51. The largest absolute Gasteiger partial charge is 0.369 e. The number of amides is 1. The van der Waals surface area contributed by atoms with E-state index in [9.17, 15) is 9.90 Å². The molecule has 0 aliphatic carbocycles. The number of nitriles is 1. The fraction of sp³-hybridized carbons (Fsp3) is 0.304. The van der Waals surface area contributed by atoms with Gasteiger partial charge in [0.2, 0.25) is 5.60 Å². The van der Waals surface area contributed by atoms with E-state index in [0.717, 1.165) is 24.2 Å². The standard InChI is InChI=1S/C23H22ClN3O2/c1-16-3-2-4-17(13-16)7-10-23(29,19-8-11-26-12-9-19)22(28)27-20-6-5-18(15-25)21(24)14-20/h2-6,13-14,19,26,29H,8-9,11-12H2,1H3,(H,27,28). The highest BCUT2D eigenvalue weighted by Gasteiger charge is 2.43. The van der Waals surface area contributed by atoms with Crippen LogP contribution in [0.2, 0.25) is 5.02 Å². The van der Waals surface area contributed by atoms with Gasteiger partial charge in [-0.3, -0.25) is 4.79 Å². The van der Waals surface area contributed by atoms with Crippen molar-refractivity contribution in [3.05, 3.63) is 64.2 Å². The van der Waals surface area contributed by atoms with E-state index in [1.165, 1.54) is 12.1 Å². The number of hydrogen-bond donors (Lipinski definition) is 3. The molecule has 6 heteroatoms. The Hall–Kier alpha value is -2.83. The van der Waals surface area contributed by atoms with Gasteiger partial charge in [0.1, 0.15) is 6.07 Å². The number of benzene rings is 2. The van der Waals surface area contributed by atoms with Gasteiger partial charge in [0.05, 0.1) is 10.6 Å². The summed E-state index contributed by atoms with van der Waals surface area (Å²) in [5, 5.41) is 26.6. The quantitative estimate of drug-likeness (QED) is 0.682. The predicted octanol–water partition coefficient (Wildman–Crippen LogP) is 3.24. The summed E-state index contributed by atoms with van der Waals surface area (Å²) in [6.45, 7) is 3.40. The van der Waals surface area contributed by atoms with Crippen LogP contribution in [0, 0.1) is 36.0 Å². The Balaban J connectivity index is 1.91. The third-order valence-corrected chi connectivity index (χ3v) is 5.35. The van der Waals surface area contributed by atoms with Gasteiger partial charge < -0.3 is 15.7 Å². The van der Waals surface area contributed by atoms with Crippen LogP contribution in [-0.2, 0) is 4.79 Å². The Bertz CT molecular complexity index is 1010. The summed E-state index contributed by atoms with van der Waals surface area (Å²) < 4.78 is 0. The molecule has 1 fully saturated rings. The van der Waals surface area contributed by atoms with Gasteiger partial charge in [0.15, 0.2) is 0 Å². The molecule has 1 aliphatic rings. The van der Waals surface area contributed by atoms with Crippen LogP contribution < -0.4 is 10.6 Å². The Morgan fingerprint density at radius 1 is 1.28 bits per heavy atom. The fourth-order valence-electron chi connectivity index (χ4n) is 3.38. The van der Waals surface area contributed by atoms with E-state index in [4.69, 9.17) is 16.9 Å². The van der Waals surface area contributed by atoms with Crippen LogP contribution in [-0.4, -0.2) is 29.7 Å². The molecular weight excluding hydrogens is 386 g/mol. The van der Waals surface area contributed by atoms with Crippen LogP contribution in [0.5, 0.6) is 0 Å². The minimum atomic E-state index is -1.84. The average Bonchev–Trinajstić information content (AvgIpc) is 2.73. The number of aryl methyl sites for hydroxylation is 1. The van der Waals surface area contributed by atoms with E-state index in [2.05, 4.69) is 22.5 Å². The van der Waals surface area contributed by atoms with Gasteiger partial charge >= 0.3 is 0 Å². The minimum Gasteiger partial charge on any atom is -0.369 e. The van der Waals surface area contributed by atoms with Crippen LogP contribution in [0.4, 0.5) is 5.69 Å². The second kappa shape index (κ2) is 9.11. The molecule has 3 rings (SSSR count). The molecule has 29 heavy (non-hydrogen) atoms. The Morgan fingerprint density at radius 3 is 2.69 bits per heavy atom. The van der Waals surface area contributed by atoms with E-state index in [1.54, 1.807) is 6.07 Å². The van der Waals surface area contributed by atoms with Crippen molar-refractivity contribution < 1.29 is 9.90 Å². The number of carbonyl (C=O) groups is 1. The van der Waals surface area contributed by atoms with Gasteiger partial charge in [-0.1, -0.05) is 35.6 Å². The van der Waals surface area contributed by atoms with Crippen LogP contribution in [0.25, 0.3) is 0 Å². The molecular formula is C23H22ClN3O2. The maximum absolute atomic E-state index is 13.1. The van der Waals surface area contributed by atoms with Gasteiger partial charge in [-0.05, 0) is 68.8 Å². The maximum Gasteiger partial charge on any atom is 0.269 e. The minimum absolute atomic E-state index is 0.238. The van der Waals surface area contributed by atoms with E-state index in [1.807, 2.05) is 37.3 Å². The van der Waals surface area contributed by atoms with Crippen molar-refractivity contribution >= 4 is 23.2 Å². The zero-order valence-corrected chi connectivity index (χ0v) is 16.9. The second-order valence-electron chi connectivity index (χ2n) is 7.17. The molecule has 2 aromatic carbocycles. The summed E-state index contributed by atoms with van der Waals surface area (Å²) in [4.78, 5) is 13.1. The number of nitrogens with zero attached hydrogens (tertiary/aromatic N) is 1. The van der Waals surface area contributed by atoms with E-state index < -0.39 is 11.5 Å². The number of carbonyl (C=O) groups excluding carboxylic acids is 1. The molecule has 0 saturated carbocycles. The first-order valence-electron chi connectivity index (χ1n) is 9.46. The highest BCUT2D eigenvalue weighted by Crippen LogP contribution is 2.28. The van der Waals surface area contributed by atoms with Crippen molar-refractivity contribution in [3.8, 4) is 17.9 Å². The normalized spacial score (nSPS) is 16.1. The summed E-state index contributed by atoms with van der Waals surface area (Å²) in [7, 11) is 0. The molecule has 1 aliphatic heterocycles. The molecule has 1 heterocycles. The third kappa shape index (κ3) is 4.96. The monoisotopic (exact) mass is 407 g/mol. The van der Waals surface area contributed by atoms with Gasteiger partial charge in [-0.15, -0.1) is 0 Å². The lowest BCUT2D eigenvalue weighted by molar-refractivity contribution is -0.133. The molecule has 5 nitrogen and oxygen atoms in total. The number of piperidine rings is 1. The molecule has 1 amide bonds. The van der Waals surface area contributed by atoms with Gasteiger partial charge in [-0.2, -0.15) is 5.26 Å². The summed E-state index contributed by atoms with van der Waals surface area (Å²) in [5.41, 5.74) is 0.679. The second-order valence-corrected chi connectivity index (χ2v) is 7.58. The lowest BCUT2D eigenvalue weighted by atomic mass is 9.80. The average molecular weight is 408 g/mol. The van der Waals surface area contributed by atoms with Crippen molar-refractivity contribution in [1.82, 2.24) is 5.32 Å². The first-order valence-corrected chi connectivity index (χ1v) is 9.84. The summed E-state index contributed by atoms with van der Waals surface area (Å²) in [6.07, 6.45) is 1.28. The van der Waals surface area contributed by atoms with Crippen LogP contribution in [0.15, 0.2) is 42.5 Å². The van der Waals surface area contributed by atoms with Gasteiger partial charge in [-0.25, -0.2) is 0 Å². The molecule has 0 bridgehead atoms. The third-order valence-electron chi connectivity index (χ3n) is 5.04. The zero-order chi connectivity index (χ0) is 20.9. The number of nitrogens with one attached hydrogen (secondary N) is 2. The highest BCUT2D eigenvalue weighted by molar-refractivity contribution is 6.32. The van der Waals surface area contributed by atoms with E-state index >= 15 is 0 Å². The van der Waals surface area contributed by atoms with Crippen LogP contribution in [0.3, 0.4) is 0 Å². The molecule has 148 valence electrons. The van der Waals surface area contributed by atoms with E-state index in [-0.39, 0.29) is 10.9 Å². The van der Waals surface area contributed by atoms with Crippen molar-refractivity contribution in [3.63, 3.8) is 0 Å². The molecule has 1 unspecified atom stereocenters. The Morgan fingerprint density at radius 2 is 2.03 bits per heavy atom. The molecule has 0 radical (unpaired) electrons. The number of halogens is 1. The molecule has 3 N–H and O–H groups in total. The Kier molecular flexibility index (Phi) is 6.56.